The van der Waals surface area contributed by atoms with Crippen molar-refractivity contribution in [3.05, 3.63) is 83.0 Å². The Morgan fingerprint density at radius 2 is 1.68 bits per heavy atom. The van der Waals surface area contributed by atoms with Gasteiger partial charge in [0.05, 0.1) is 23.3 Å². The number of anilines is 1. The maximum Gasteiger partial charge on any atom is 0.290 e. The predicted octanol–water partition coefficient (Wildman–Crippen LogP) is 3.10. The highest BCUT2D eigenvalue weighted by Gasteiger charge is 2.22. The van der Waals surface area contributed by atoms with Gasteiger partial charge < -0.3 is 4.74 Å². The minimum Gasteiger partial charge on any atom is -0.495 e. The van der Waals surface area contributed by atoms with Crippen molar-refractivity contribution in [3.63, 3.8) is 0 Å². The van der Waals surface area contributed by atoms with Crippen molar-refractivity contribution in [3.8, 4) is 5.75 Å². The van der Waals surface area contributed by atoms with Crippen molar-refractivity contribution in [1.82, 2.24) is 21.0 Å². The molecular weight excluding hydrogens is 482 g/mol. The summed E-state index contributed by atoms with van der Waals surface area (Å²) in [5, 5.41) is 7.17. The number of halogens is 1. The van der Waals surface area contributed by atoms with Crippen LogP contribution in [0.4, 0.5) is 5.69 Å². The number of benzene rings is 3. The number of nitrogens with zero attached hydrogens (tertiary/aromatic N) is 1. The van der Waals surface area contributed by atoms with Gasteiger partial charge in [0.2, 0.25) is 0 Å². The highest BCUT2D eigenvalue weighted by atomic mass is 35.5. The summed E-state index contributed by atoms with van der Waals surface area (Å²) >= 11 is 6.11. The smallest absolute Gasteiger partial charge is 0.290 e. The van der Waals surface area contributed by atoms with Crippen LogP contribution in [0.15, 0.2) is 71.6 Å². The van der Waals surface area contributed by atoms with Crippen LogP contribution in [0.2, 0.25) is 5.02 Å². The molecule has 0 radical (unpaired) electrons. The fourth-order valence-electron chi connectivity index (χ4n) is 3.16. The SMILES string of the molecule is COc1ccccc1NS(=O)(=O)c1cc(C(=O)NNC(=O)c2n[nH]c3ccccc23)ccc1Cl. The van der Waals surface area contributed by atoms with E-state index in [1.807, 2.05) is 0 Å². The van der Waals surface area contributed by atoms with Gasteiger partial charge in [-0.25, -0.2) is 8.42 Å². The van der Waals surface area contributed by atoms with Crippen molar-refractivity contribution >= 4 is 50.0 Å². The van der Waals surface area contributed by atoms with Crippen LogP contribution >= 0.6 is 11.6 Å². The van der Waals surface area contributed by atoms with Crippen molar-refractivity contribution in [2.75, 3.05) is 11.8 Å². The van der Waals surface area contributed by atoms with Crippen LogP contribution in [0.3, 0.4) is 0 Å². The van der Waals surface area contributed by atoms with E-state index in [0.717, 1.165) is 6.07 Å². The molecule has 3 aromatic carbocycles. The van der Waals surface area contributed by atoms with Crippen LogP contribution in [0.1, 0.15) is 20.8 Å². The summed E-state index contributed by atoms with van der Waals surface area (Å²) in [6.07, 6.45) is 0. The van der Waals surface area contributed by atoms with Gasteiger partial charge in [-0.3, -0.25) is 30.3 Å². The molecule has 0 saturated heterocycles. The number of hydrogen-bond donors (Lipinski definition) is 4. The predicted molar refractivity (Wildman–Crippen MR) is 126 cm³/mol. The second kappa shape index (κ2) is 9.41. The minimum absolute atomic E-state index is 0.0445. The number of carbonyl (C=O) groups excluding carboxylic acids is 2. The maximum absolute atomic E-state index is 12.9. The van der Waals surface area contributed by atoms with Crippen LogP contribution in [-0.4, -0.2) is 37.5 Å². The lowest BCUT2D eigenvalue weighted by atomic mass is 10.2. The van der Waals surface area contributed by atoms with Gasteiger partial charge in [-0.05, 0) is 36.4 Å². The Balaban J connectivity index is 1.52. The van der Waals surface area contributed by atoms with E-state index >= 15 is 0 Å². The lowest BCUT2D eigenvalue weighted by Gasteiger charge is -2.13. The van der Waals surface area contributed by atoms with E-state index < -0.39 is 21.8 Å². The molecule has 0 saturated carbocycles. The van der Waals surface area contributed by atoms with Gasteiger partial charge in [0.15, 0.2) is 5.69 Å². The fraction of sp³-hybridized carbons (Fsp3) is 0.0455. The van der Waals surface area contributed by atoms with Crippen LogP contribution in [0, 0.1) is 0 Å². The summed E-state index contributed by atoms with van der Waals surface area (Å²) < 4.78 is 33.5. The zero-order valence-electron chi connectivity index (χ0n) is 17.6. The van der Waals surface area contributed by atoms with Gasteiger partial charge in [-0.15, -0.1) is 0 Å². The van der Waals surface area contributed by atoms with E-state index in [9.17, 15) is 18.0 Å². The van der Waals surface area contributed by atoms with E-state index in [2.05, 4.69) is 25.8 Å². The lowest BCUT2D eigenvalue weighted by Crippen LogP contribution is -2.41. The first kappa shape index (κ1) is 23.1. The first-order valence-electron chi connectivity index (χ1n) is 9.79. The van der Waals surface area contributed by atoms with Crippen LogP contribution in [0.25, 0.3) is 10.9 Å². The number of fused-ring (bicyclic) bond motifs is 1. The maximum atomic E-state index is 12.9. The number of methoxy groups -OCH3 is 1. The summed E-state index contributed by atoms with van der Waals surface area (Å²) in [6, 6.07) is 17.2. The molecule has 0 unspecified atom stereocenters. The lowest BCUT2D eigenvalue weighted by molar-refractivity contribution is 0.0844. The van der Waals surface area contributed by atoms with E-state index in [-0.39, 0.29) is 26.9 Å². The standard InChI is InChI=1S/C22H18ClN5O5S/c1-33-18-9-5-4-8-17(18)28-34(31,32)19-12-13(10-11-15(19)23)21(29)26-27-22(30)20-14-6-2-3-7-16(14)24-25-20/h2-12,28H,1H3,(H,24,25)(H,26,29)(H,27,30). The van der Waals surface area contributed by atoms with Gasteiger partial charge in [0, 0.05) is 10.9 Å². The highest BCUT2D eigenvalue weighted by Crippen LogP contribution is 2.29. The molecule has 12 heteroatoms. The Morgan fingerprint density at radius 1 is 0.971 bits per heavy atom. The molecule has 0 spiro atoms. The Labute approximate surface area is 199 Å². The Bertz CT molecular complexity index is 1500. The first-order valence-corrected chi connectivity index (χ1v) is 11.7. The van der Waals surface area contributed by atoms with Crippen LogP contribution in [-0.2, 0) is 10.0 Å². The molecule has 10 nitrogen and oxygen atoms in total. The number of amides is 2. The molecule has 0 aliphatic carbocycles. The molecule has 34 heavy (non-hydrogen) atoms. The third kappa shape index (κ3) is 4.65. The molecule has 0 atom stereocenters. The molecule has 4 aromatic rings. The zero-order chi connectivity index (χ0) is 24.3. The van der Waals surface area contributed by atoms with E-state index in [1.165, 1.54) is 25.3 Å². The molecule has 4 rings (SSSR count). The topological polar surface area (TPSA) is 142 Å². The number of carbonyl (C=O) groups is 2. The molecule has 2 amide bonds. The molecule has 4 N–H and O–H groups in total. The number of aromatic amines is 1. The van der Waals surface area contributed by atoms with Gasteiger partial charge in [-0.1, -0.05) is 41.9 Å². The first-order chi connectivity index (χ1) is 16.3. The molecule has 0 bridgehead atoms. The molecule has 0 fully saturated rings. The quantitative estimate of drug-likeness (QED) is 0.300. The van der Waals surface area contributed by atoms with Crippen molar-refractivity contribution in [2.45, 2.75) is 4.90 Å². The summed E-state index contributed by atoms with van der Waals surface area (Å²) in [5.41, 5.74) is 5.43. The van der Waals surface area contributed by atoms with Gasteiger partial charge in [-0.2, -0.15) is 5.10 Å². The number of rotatable bonds is 6. The number of nitrogens with one attached hydrogen (secondary N) is 4. The van der Waals surface area contributed by atoms with Gasteiger partial charge >= 0.3 is 0 Å². The normalized spacial score (nSPS) is 11.1. The second-order valence-corrected chi connectivity index (χ2v) is 9.04. The third-order valence-corrected chi connectivity index (χ3v) is 6.66. The monoisotopic (exact) mass is 499 g/mol. The molecule has 1 heterocycles. The number of hydrogen-bond acceptors (Lipinski definition) is 6. The van der Waals surface area contributed by atoms with Crippen LogP contribution in [0.5, 0.6) is 5.75 Å². The third-order valence-electron chi connectivity index (χ3n) is 4.81. The van der Waals surface area contributed by atoms with Crippen molar-refractivity contribution in [2.24, 2.45) is 0 Å². The number of hydrazine groups is 1. The fourth-order valence-corrected chi connectivity index (χ4v) is 4.76. The zero-order valence-corrected chi connectivity index (χ0v) is 19.2. The second-order valence-electron chi connectivity index (χ2n) is 6.98. The molecular formula is C22H18ClN5O5S. The van der Waals surface area contributed by atoms with E-state index in [4.69, 9.17) is 16.3 Å². The molecule has 0 aliphatic heterocycles. The molecule has 0 aliphatic rings. The summed E-state index contributed by atoms with van der Waals surface area (Å²) in [6.45, 7) is 0. The number of sulfonamides is 1. The summed E-state index contributed by atoms with van der Waals surface area (Å²) in [5.74, 6) is -1.09. The Kier molecular flexibility index (Phi) is 6.39. The number of ether oxygens (including phenoxy) is 1. The highest BCUT2D eigenvalue weighted by molar-refractivity contribution is 7.92. The number of para-hydroxylation sites is 3. The van der Waals surface area contributed by atoms with Gasteiger partial charge in [0.25, 0.3) is 21.8 Å². The van der Waals surface area contributed by atoms with Crippen molar-refractivity contribution < 1.29 is 22.7 Å². The summed E-state index contributed by atoms with van der Waals surface area (Å²) in [4.78, 5) is 24.7. The van der Waals surface area contributed by atoms with Crippen molar-refractivity contribution in [1.29, 1.82) is 0 Å². The Hall–Kier alpha value is -4.09. The van der Waals surface area contributed by atoms with Gasteiger partial charge in [0.1, 0.15) is 10.6 Å². The largest absolute Gasteiger partial charge is 0.495 e. The Morgan fingerprint density at radius 3 is 2.47 bits per heavy atom. The minimum atomic E-state index is -4.17. The number of H-pyrrole nitrogens is 1. The summed E-state index contributed by atoms with van der Waals surface area (Å²) in [7, 11) is -2.76. The molecule has 174 valence electrons. The van der Waals surface area contributed by atoms with E-state index in [0.29, 0.717) is 16.7 Å². The van der Waals surface area contributed by atoms with E-state index in [1.54, 1.807) is 42.5 Å². The average molecular weight is 500 g/mol. The number of aromatic nitrogens is 2. The van der Waals surface area contributed by atoms with Crippen LogP contribution < -0.4 is 20.3 Å². The average Bonchev–Trinajstić information content (AvgIpc) is 3.27. The molecule has 1 aromatic heterocycles.